The molecule has 0 aliphatic carbocycles. The average molecular weight is 304 g/mol. The highest BCUT2D eigenvalue weighted by atomic mass is 35.5. The van der Waals surface area contributed by atoms with Gasteiger partial charge in [0.15, 0.2) is 0 Å². The normalized spacial score (nSPS) is 16.4. The molecule has 1 aromatic rings. The molecule has 2 nitrogen and oxygen atoms in total. The molecule has 1 N–H and O–H groups in total. The SMILES string of the molecule is CCN(CC)C(C)(CC)C(O)c1ccc(Cl)c(Cl)c1. The first-order chi connectivity index (χ1) is 8.90. The molecule has 0 spiro atoms. The number of hydrogen-bond donors (Lipinski definition) is 1. The molecule has 0 saturated carbocycles. The quantitative estimate of drug-likeness (QED) is 0.834. The molecular formula is C15H23Cl2NO. The highest BCUT2D eigenvalue weighted by molar-refractivity contribution is 6.42. The highest BCUT2D eigenvalue weighted by Crippen LogP contribution is 2.36. The van der Waals surface area contributed by atoms with Crippen molar-refractivity contribution in [1.82, 2.24) is 4.90 Å². The van der Waals surface area contributed by atoms with Crippen molar-refractivity contribution < 1.29 is 5.11 Å². The summed E-state index contributed by atoms with van der Waals surface area (Å²) < 4.78 is 0. The van der Waals surface area contributed by atoms with Crippen molar-refractivity contribution >= 4 is 23.2 Å². The Hall–Kier alpha value is -0.280. The molecule has 0 radical (unpaired) electrons. The molecule has 1 aromatic carbocycles. The summed E-state index contributed by atoms with van der Waals surface area (Å²) in [5.41, 5.74) is 0.506. The molecule has 2 unspecified atom stereocenters. The second kappa shape index (κ2) is 6.94. The van der Waals surface area contributed by atoms with Gasteiger partial charge in [0, 0.05) is 5.54 Å². The Kier molecular flexibility index (Phi) is 6.13. The summed E-state index contributed by atoms with van der Waals surface area (Å²) in [7, 11) is 0. The zero-order chi connectivity index (χ0) is 14.6. The van der Waals surface area contributed by atoms with E-state index in [2.05, 4.69) is 32.6 Å². The van der Waals surface area contributed by atoms with Crippen LogP contribution < -0.4 is 0 Å². The minimum atomic E-state index is -0.591. The number of likely N-dealkylation sites (N-methyl/N-ethyl adjacent to an activating group) is 1. The zero-order valence-corrected chi connectivity index (χ0v) is 13.6. The van der Waals surface area contributed by atoms with Crippen molar-refractivity contribution in [3.8, 4) is 0 Å². The Morgan fingerprint density at radius 3 is 2.16 bits per heavy atom. The van der Waals surface area contributed by atoms with Gasteiger partial charge in [0.1, 0.15) is 0 Å². The molecule has 0 heterocycles. The molecule has 0 saturated heterocycles. The Morgan fingerprint density at radius 2 is 1.74 bits per heavy atom. The van der Waals surface area contributed by atoms with Gasteiger partial charge in [-0.3, -0.25) is 4.90 Å². The van der Waals surface area contributed by atoms with Gasteiger partial charge in [0.05, 0.1) is 16.1 Å². The van der Waals surface area contributed by atoms with Crippen LogP contribution in [-0.2, 0) is 0 Å². The van der Waals surface area contributed by atoms with Crippen LogP contribution in [0.2, 0.25) is 10.0 Å². The molecule has 108 valence electrons. The Balaban J connectivity index is 3.13. The van der Waals surface area contributed by atoms with Crippen LogP contribution in [0.1, 0.15) is 45.8 Å². The zero-order valence-electron chi connectivity index (χ0n) is 12.1. The van der Waals surface area contributed by atoms with Crippen molar-refractivity contribution in [2.24, 2.45) is 0 Å². The molecule has 0 fully saturated rings. The van der Waals surface area contributed by atoms with Gasteiger partial charge < -0.3 is 5.11 Å². The topological polar surface area (TPSA) is 23.5 Å². The van der Waals surface area contributed by atoms with E-state index in [1.54, 1.807) is 12.1 Å². The highest BCUT2D eigenvalue weighted by Gasteiger charge is 2.36. The summed E-state index contributed by atoms with van der Waals surface area (Å²) in [6.07, 6.45) is 0.267. The van der Waals surface area contributed by atoms with Crippen LogP contribution in [-0.4, -0.2) is 28.6 Å². The van der Waals surface area contributed by atoms with E-state index in [0.29, 0.717) is 10.0 Å². The van der Waals surface area contributed by atoms with Gasteiger partial charge >= 0.3 is 0 Å². The van der Waals surface area contributed by atoms with Gasteiger partial charge in [0.2, 0.25) is 0 Å². The first-order valence-electron chi connectivity index (χ1n) is 6.78. The minimum absolute atomic E-state index is 0.305. The monoisotopic (exact) mass is 303 g/mol. The van der Waals surface area contributed by atoms with Crippen molar-refractivity contribution in [1.29, 1.82) is 0 Å². The first kappa shape index (κ1) is 16.8. The van der Waals surface area contributed by atoms with E-state index in [9.17, 15) is 5.11 Å². The number of aliphatic hydroxyl groups excluding tert-OH is 1. The maximum atomic E-state index is 10.7. The van der Waals surface area contributed by atoms with Gasteiger partial charge in [-0.05, 0) is 44.1 Å². The van der Waals surface area contributed by atoms with Gasteiger partial charge in [-0.2, -0.15) is 0 Å². The molecule has 0 bridgehead atoms. The average Bonchev–Trinajstić information content (AvgIpc) is 2.42. The number of nitrogens with zero attached hydrogens (tertiary/aromatic N) is 1. The predicted octanol–water partition coefficient (Wildman–Crippen LogP) is 4.54. The second-order valence-electron chi connectivity index (χ2n) is 4.96. The molecule has 2 atom stereocenters. The lowest BCUT2D eigenvalue weighted by atomic mass is 9.85. The van der Waals surface area contributed by atoms with Crippen molar-refractivity contribution in [3.05, 3.63) is 33.8 Å². The van der Waals surface area contributed by atoms with E-state index in [1.807, 2.05) is 6.07 Å². The van der Waals surface area contributed by atoms with E-state index < -0.39 is 6.10 Å². The summed E-state index contributed by atoms with van der Waals surface area (Å²) in [4.78, 5) is 2.28. The van der Waals surface area contributed by atoms with E-state index in [4.69, 9.17) is 23.2 Å². The third-order valence-electron chi connectivity index (χ3n) is 4.05. The van der Waals surface area contributed by atoms with Crippen molar-refractivity contribution in [2.45, 2.75) is 45.8 Å². The number of hydrogen-bond acceptors (Lipinski definition) is 2. The number of halogens is 2. The predicted molar refractivity (Wildman–Crippen MR) is 83.0 cm³/mol. The fourth-order valence-corrected chi connectivity index (χ4v) is 2.88. The van der Waals surface area contributed by atoms with Crippen LogP contribution in [0, 0.1) is 0 Å². The minimum Gasteiger partial charge on any atom is -0.386 e. The maximum absolute atomic E-state index is 10.7. The third kappa shape index (κ3) is 3.43. The molecule has 1 rings (SSSR count). The summed E-state index contributed by atoms with van der Waals surface area (Å²) in [5, 5.41) is 11.7. The van der Waals surface area contributed by atoms with Crippen LogP contribution in [0.25, 0.3) is 0 Å². The van der Waals surface area contributed by atoms with Crippen molar-refractivity contribution in [3.63, 3.8) is 0 Å². The maximum Gasteiger partial charge on any atom is 0.0971 e. The molecular weight excluding hydrogens is 281 g/mol. The van der Waals surface area contributed by atoms with Crippen LogP contribution in [0.5, 0.6) is 0 Å². The van der Waals surface area contributed by atoms with E-state index in [-0.39, 0.29) is 5.54 Å². The van der Waals surface area contributed by atoms with Crippen LogP contribution >= 0.6 is 23.2 Å². The van der Waals surface area contributed by atoms with Crippen molar-refractivity contribution in [2.75, 3.05) is 13.1 Å². The Morgan fingerprint density at radius 1 is 1.16 bits per heavy atom. The standard InChI is InChI=1S/C15H23Cl2NO/c1-5-15(4,18(6-2)7-3)14(19)11-8-9-12(16)13(17)10-11/h8-10,14,19H,5-7H2,1-4H3. The van der Waals surface area contributed by atoms with Crippen LogP contribution in [0.15, 0.2) is 18.2 Å². The smallest absolute Gasteiger partial charge is 0.0971 e. The largest absolute Gasteiger partial charge is 0.386 e. The lowest BCUT2D eigenvalue weighted by Crippen LogP contribution is -2.50. The molecule has 0 aromatic heterocycles. The summed E-state index contributed by atoms with van der Waals surface area (Å²) in [6.45, 7) is 10.2. The third-order valence-corrected chi connectivity index (χ3v) is 4.79. The van der Waals surface area contributed by atoms with Gasteiger partial charge in [-0.1, -0.05) is 50.0 Å². The fraction of sp³-hybridized carbons (Fsp3) is 0.600. The van der Waals surface area contributed by atoms with E-state index >= 15 is 0 Å². The molecule has 0 aliphatic heterocycles. The molecule has 0 aliphatic rings. The number of rotatable bonds is 6. The van der Waals surface area contributed by atoms with Gasteiger partial charge in [0.25, 0.3) is 0 Å². The van der Waals surface area contributed by atoms with Gasteiger partial charge in [-0.25, -0.2) is 0 Å². The lowest BCUT2D eigenvalue weighted by molar-refractivity contribution is -0.0213. The van der Waals surface area contributed by atoms with Gasteiger partial charge in [-0.15, -0.1) is 0 Å². The molecule has 19 heavy (non-hydrogen) atoms. The van der Waals surface area contributed by atoms with E-state index in [0.717, 1.165) is 25.1 Å². The van der Waals surface area contributed by atoms with Crippen LogP contribution in [0.3, 0.4) is 0 Å². The lowest BCUT2D eigenvalue weighted by Gasteiger charge is -2.43. The summed E-state index contributed by atoms with van der Waals surface area (Å²) >= 11 is 12.0. The Bertz CT molecular complexity index is 421. The number of aliphatic hydroxyl groups is 1. The summed E-state index contributed by atoms with van der Waals surface area (Å²) in [6, 6.07) is 5.34. The van der Waals surface area contributed by atoms with Crippen LogP contribution in [0.4, 0.5) is 0 Å². The second-order valence-corrected chi connectivity index (χ2v) is 5.77. The molecule has 4 heteroatoms. The molecule has 0 amide bonds. The van der Waals surface area contributed by atoms with E-state index in [1.165, 1.54) is 0 Å². The Labute approximate surface area is 126 Å². The summed E-state index contributed by atoms with van der Waals surface area (Å²) in [5.74, 6) is 0. The number of benzene rings is 1. The fourth-order valence-electron chi connectivity index (χ4n) is 2.58. The first-order valence-corrected chi connectivity index (χ1v) is 7.54.